The Morgan fingerprint density at radius 2 is 2.08 bits per heavy atom. The van der Waals surface area contributed by atoms with Gasteiger partial charge < -0.3 is 25.2 Å². The van der Waals surface area contributed by atoms with Gasteiger partial charge in [0.1, 0.15) is 12.4 Å². The minimum absolute atomic E-state index is 0.0543. The van der Waals surface area contributed by atoms with Crippen LogP contribution < -0.4 is 10.6 Å². The number of phenols is 1. The molecular formula is C17H22N2O5. The Bertz CT molecular complexity index is 642. The van der Waals surface area contributed by atoms with Gasteiger partial charge in [-0.05, 0) is 31.0 Å². The van der Waals surface area contributed by atoms with Crippen molar-refractivity contribution < 1.29 is 24.2 Å². The maximum atomic E-state index is 12.4. The molecule has 3 N–H and O–H groups in total. The fourth-order valence-electron chi connectivity index (χ4n) is 2.44. The van der Waals surface area contributed by atoms with E-state index < -0.39 is 18.0 Å². The zero-order valence-corrected chi connectivity index (χ0v) is 13.8. The summed E-state index contributed by atoms with van der Waals surface area (Å²) in [5.41, 5.74) is 1.32. The van der Waals surface area contributed by atoms with Gasteiger partial charge in [0.2, 0.25) is 0 Å². The number of amides is 2. The van der Waals surface area contributed by atoms with Gasteiger partial charge in [0.25, 0.3) is 0 Å². The van der Waals surface area contributed by atoms with Gasteiger partial charge in [0.15, 0.2) is 0 Å². The van der Waals surface area contributed by atoms with E-state index in [-0.39, 0.29) is 12.4 Å². The average Bonchev–Trinajstić information content (AvgIpc) is 2.53. The summed E-state index contributed by atoms with van der Waals surface area (Å²) in [7, 11) is 0. The first-order chi connectivity index (χ1) is 11.5. The van der Waals surface area contributed by atoms with Gasteiger partial charge in [-0.15, -0.1) is 0 Å². The third-order valence-corrected chi connectivity index (χ3v) is 3.50. The van der Waals surface area contributed by atoms with Crippen molar-refractivity contribution in [2.75, 3.05) is 19.8 Å². The number of aromatic hydroxyl groups is 1. The van der Waals surface area contributed by atoms with Crippen molar-refractivity contribution in [3.05, 3.63) is 41.1 Å². The van der Waals surface area contributed by atoms with Crippen LogP contribution >= 0.6 is 0 Å². The van der Waals surface area contributed by atoms with Crippen LogP contribution in [0.5, 0.6) is 5.75 Å². The summed E-state index contributed by atoms with van der Waals surface area (Å²) >= 11 is 0. The fraction of sp³-hybridized carbons (Fsp3) is 0.412. The second kappa shape index (κ2) is 8.35. The highest BCUT2D eigenvalue weighted by atomic mass is 16.6. The molecule has 0 saturated heterocycles. The number of carbonyl (C=O) groups excluding carboxylic acids is 2. The van der Waals surface area contributed by atoms with E-state index in [1.807, 2.05) is 6.92 Å². The number of carbonyl (C=O) groups is 2. The first kappa shape index (κ1) is 17.8. The molecule has 0 radical (unpaired) electrons. The molecule has 7 heteroatoms. The summed E-state index contributed by atoms with van der Waals surface area (Å²) in [5, 5.41) is 14.9. The number of ether oxygens (including phenoxy) is 2. The lowest BCUT2D eigenvalue weighted by Crippen LogP contribution is -2.45. The zero-order valence-electron chi connectivity index (χ0n) is 13.8. The van der Waals surface area contributed by atoms with Gasteiger partial charge >= 0.3 is 12.0 Å². The molecule has 0 fully saturated rings. The number of phenolic OH excluding ortho intramolecular Hbond substituents is 1. The Kier molecular flexibility index (Phi) is 6.20. The number of allylic oxidation sites excluding steroid dienone is 1. The van der Waals surface area contributed by atoms with Crippen molar-refractivity contribution >= 4 is 12.0 Å². The molecule has 2 rings (SSSR count). The average molecular weight is 334 g/mol. The lowest BCUT2D eigenvalue weighted by Gasteiger charge is -2.28. The Hall–Kier alpha value is -2.54. The van der Waals surface area contributed by atoms with Crippen LogP contribution in [0.25, 0.3) is 0 Å². The standard InChI is InChI=1S/C17H22N2O5/c1-3-7-23-8-9-24-16(21)14-11(2)18-17(22)19-15(14)12-5-4-6-13(20)10-12/h4-6,10,15,20H,3,7-9H2,1-2H3,(H2,18,19,22). The predicted octanol–water partition coefficient (Wildman–Crippen LogP) is 1.99. The topological polar surface area (TPSA) is 96.9 Å². The van der Waals surface area contributed by atoms with E-state index in [1.54, 1.807) is 19.1 Å². The monoisotopic (exact) mass is 334 g/mol. The molecule has 0 saturated carbocycles. The Morgan fingerprint density at radius 1 is 1.29 bits per heavy atom. The molecule has 7 nitrogen and oxygen atoms in total. The lowest BCUT2D eigenvalue weighted by molar-refractivity contribution is -0.141. The largest absolute Gasteiger partial charge is 0.508 e. The van der Waals surface area contributed by atoms with E-state index in [0.29, 0.717) is 30.0 Å². The fourth-order valence-corrected chi connectivity index (χ4v) is 2.44. The Morgan fingerprint density at radius 3 is 2.79 bits per heavy atom. The predicted molar refractivity (Wildman–Crippen MR) is 87.3 cm³/mol. The molecule has 1 aromatic rings. The maximum Gasteiger partial charge on any atom is 0.338 e. The number of urea groups is 1. The van der Waals surface area contributed by atoms with Crippen molar-refractivity contribution in [1.29, 1.82) is 0 Å². The van der Waals surface area contributed by atoms with Crippen LogP contribution in [0.3, 0.4) is 0 Å². The van der Waals surface area contributed by atoms with E-state index in [9.17, 15) is 14.7 Å². The van der Waals surface area contributed by atoms with Crippen molar-refractivity contribution in [3.8, 4) is 5.75 Å². The maximum absolute atomic E-state index is 12.4. The van der Waals surface area contributed by atoms with Crippen LogP contribution in [0.15, 0.2) is 35.5 Å². The highest BCUT2D eigenvalue weighted by Gasteiger charge is 2.32. The second-order valence-corrected chi connectivity index (χ2v) is 5.41. The van der Waals surface area contributed by atoms with Gasteiger partial charge in [0, 0.05) is 12.3 Å². The molecule has 24 heavy (non-hydrogen) atoms. The summed E-state index contributed by atoms with van der Waals surface area (Å²) in [6, 6.07) is 5.29. The normalized spacial score (nSPS) is 17.2. The van der Waals surface area contributed by atoms with Gasteiger partial charge in [-0.25, -0.2) is 9.59 Å². The van der Waals surface area contributed by atoms with E-state index in [0.717, 1.165) is 6.42 Å². The first-order valence-corrected chi connectivity index (χ1v) is 7.85. The Labute approximate surface area is 140 Å². The number of rotatable bonds is 7. The number of benzene rings is 1. The van der Waals surface area contributed by atoms with E-state index in [2.05, 4.69) is 10.6 Å². The Balaban J connectivity index is 2.15. The third-order valence-electron chi connectivity index (χ3n) is 3.50. The molecule has 0 aliphatic carbocycles. The summed E-state index contributed by atoms with van der Waals surface area (Å²) in [4.78, 5) is 24.2. The van der Waals surface area contributed by atoms with Crippen LogP contribution in [-0.2, 0) is 14.3 Å². The first-order valence-electron chi connectivity index (χ1n) is 7.85. The highest BCUT2D eigenvalue weighted by molar-refractivity contribution is 5.95. The van der Waals surface area contributed by atoms with Gasteiger partial charge in [-0.2, -0.15) is 0 Å². The number of hydrogen-bond donors (Lipinski definition) is 3. The SMILES string of the molecule is CCCOCCOC(=O)C1=C(C)NC(=O)NC1c1cccc(O)c1. The summed E-state index contributed by atoms with van der Waals surface area (Å²) in [6.07, 6.45) is 0.897. The summed E-state index contributed by atoms with van der Waals surface area (Å²) in [5.74, 6) is -0.480. The smallest absolute Gasteiger partial charge is 0.338 e. The van der Waals surface area contributed by atoms with Crippen LogP contribution in [-0.4, -0.2) is 36.9 Å². The van der Waals surface area contributed by atoms with E-state index >= 15 is 0 Å². The van der Waals surface area contributed by atoms with Crippen LogP contribution in [0, 0.1) is 0 Å². The van der Waals surface area contributed by atoms with Crippen molar-refractivity contribution in [1.82, 2.24) is 10.6 Å². The molecule has 1 aromatic carbocycles. The molecule has 0 aromatic heterocycles. The van der Waals surface area contributed by atoms with Crippen molar-refractivity contribution in [3.63, 3.8) is 0 Å². The molecule has 1 heterocycles. The molecule has 1 aliphatic heterocycles. The molecule has 130 valence electrons. The molecule has 0 bridgehead atoms. The second-order valence-electron chi connectivity index (χ2n) is 5.41. The van der Waals surface area contributed by atoms with E-state index in [4.69, 9.17) is 9.47 Å². The van der Waals surface area contributed by atoms with Gasteiger partial charge in [0.05, 0.1) is 18.2 Å². The minimum atomic E-state index is -0.685. The van der Waals surface area contributed by atoms with Gasteiger partial charge in [-0.3, -0.25) is 0 Å². The molecule has 1 aliphatic rings. The quantitative estimate of drug-likeness (QED) is 0.523. The third kappa shape index (κ3) is 4.48. The van der Waals surface area contributed by atoms with Crippen LogP contribution in [0.2, 0.25) is 0 Å². The molecule has 1 unspecified atom stereocenters. The van der Waals surface area contributed by atoms with E-state index in [1.165, 1.54) is 12.1 Å². The number of hydrogen-bond acceptors (Lipinski definition) is 5. The lowest BCUT2D eigenvalue weighted by atomic mass is 9.95. The van der Waals surface area contributed by atoms with Crippen LogP contribution in [0.1, 0.15) is 31.9 Å². The van der Waals surface area contributed by atoms with Crippen LogP contribution in [0.4, 0.5) is 4.79 Å². The zero-order chi connectivity index (χ0) is 17.5. The minimum Gasteiger partial charge on any atom is -0.508 e. The molecule has 2 amide bonds. The van der Waals surface area contributed by atoms with Gasteiger partial charge in [-0.1, -0.05) is 19.1 Å². The summed E-state index contributed by atoms with van der Waals surface area (Å²) in [6.45, 7) is 4.71. The summed E-state index contributed by atoms with van der Waals surface area (Å²) < 4.78 is 10.5. The number of esters is 1. The molecular weight excluding hydrogens is 312 g/mol. The van der Waals surface area contributed by atoms with Crippen molar-refractivity contribution in [2.45, 2.75) is 26.3 Å². The number of nitrogens with one attached hydrogen (secondary N) is 2. The molecule has 0 spiro atoms. The highest BCUT2D eigenvalue weighted by Crippen LogP contribution is 2.29. The molecule has 1 atom stereocenters. The van der Waals surface area contributed by atoms with Crippen molar-refractivity contribution in [2.24, 2.45) is 0 Å².